The molecule has 0 spiro atoms. The van der Waals surface area contributed by atoms with E-state index in [4.69, 9.17) is 5.11 Å². The number of aryl methyl sites for hydroxylation is 1. The summed E-state index contributed by atoms with van der Waals surface area (Å²) in [5.41, 5.74) is 0.837. The minimum Gasteiger partial charge on any atom is -0.481 e. The van der Waals surface area contributed by atoms with E-state index in [-0.39, 0.29) is 5.91 Å². The Morgan fingerprint density at radius 3 is 2.61 bits per heavy atom. The molecule has 0 radical (unpaired) electrons. The van der Waals surface area contributed by atoms with E-state index in [0.29, 0.717) is 18.7 Å². The summed E-state index contributed by atoms with van der Waals surface area (Å²) in [6, 6.07) is 1.70. The number of carboxylic acid groups (broad SMARTS) is 1. The van der Waals surface area contributed by atoms with Gasteiger partial charge in [-0.15, -0.1) is 0 Å². The van der Waals surface area contributed by atoms with Crippen LogP contribution in [0.3, 0.4) is 0 Å². The second kappa shape index (κ2) is 5.03. The Kier molecular flexibility index (Phi) is 3.45. The molecule has 3 N–H and O–H groups in total. The number of hydrogen-bond donors (Lipinski definition) is 3. The summed E-state index contributed by atoms with van der Waals surface area (Å²) in [5, 5.41) is 18.3. The van der Waals surface area contributed by atoms with Crippen molar-refractivity contribution in [3.8, 4) is 0 Å². The van der Waals surface area contributed by atoms with Crippen molar-refractivity contribution in [1.29, 1.82) is 0 Å². The lowest BCUT2D eigenvalue weighted by atomic mass is 9.82. The van der Waals surface area contributed by atoms with Crippen LogP contribution < -0.4 is 5.32 Å². The number of anilines is 1. The predicted molar refractivity (Wildman–Crippen MR) is 64.9 cm³/mol. The largest absolute Gasteiger partial charge is 0.481 e. The molecule has 18 heavy (non-hydrogen) atoms. The van der Waals surface area contributed by atoms with E-state index in [0.717, 1.165) is 5.69 Å². The van der Waals surface area contributed by atoms with Gasteiger partial charge in [0, 0.05) is 11.8 Å². The molecule has 1 aliphatic rings. The number of carbonyl (C=O) groups is 2. The summed E-state index contributed by atoms with van der Waals surface area (Å²) in [4.78, 5) is 23.1. The van der Waals surface area contributed by atoms with Crippen LogP contribution in [-0.4, -0.2) is 27.2 Å². The van der Waals surface area contributed by atoms with Gasteiger partial charge in [-0.1, -0.05) is 12.2 Å². The number of nitrogens with one attached hydrogen (secondary N) is 2. The van der Waals surface area contributed by atoms with Crippen LogP contribution in [0, 0.1) is 18.8 Å². The second-order valence-corrected chi connectivity index (χ2v) is 4.42. The van der Waals surface area contributed by atoms with Crippen LogP contribution in [0.15, 0.2) is 18.2 Å². The third-order valence-electron chi connectivity index (χ3n) is 3.04. The van der Waals surface area contributed by atoms with Crippen LogP contribution in [0.4, 0.5) is 5.82 Å². The van der Waals surface area contributed by atoms with Crippen molar-refractivity contribution in [2.45, 2.75) is 19.8 Å². The molecular formula is C12H15N3O3. The first-order valence-corrected chi connectivity index (χ1v) is 5.78. The highest BCUT2D eigenvalue weighted by Gasteiger charge is 2.34. The van der Waals surface area contributed by atoms with Gasteiger partial charge in [-0.2, -0.15) is 5.10 Å². The highest BCUT2D eigenvalue weighted by atomic mass is 16.4. The van der Waals surface area contributed by atoms with Crippen LogP contribution in [0.5, 0.6) is 0 Å². The number of aromatic amines is 1. The molecule has 0 bridgehead atoms. The minimum atomic E-state index is -0.933. The number of allylic oxidation sites excluding steroid dienone is 2. The number of rotatable bonds is 3. The van der Waals surface area contributed by atoms with E-state index in [9.17, 15) is 9.59 Å². The number of amides is 1. The number of H-pyrrole nitrogens is 1. The predicted octanol–water partition coefficient (Wildman–Crippen LogP) is 1.32. The van der Waals surface area contributed by atoms with Crippen LogP contribution in [0.2, 0.25) is 0 Å². The Labute approximate surface area is 104 Å². The summed E-state index contributed by atoms with van der Waals surface area (Å²) >= 11 is 0. The first-order valence-electron chi connectivity index (χ1n) is 5.78. The lowest BCUT2D eigenvalue weighted by Crippen LogP contribution is -2.34. The van der Waals surface area contributed by atoms with Crippen LogP contribution in [0.1, 0.15) is 18.5 Å². The molecule has 2 rings (SSSR count). The third-order valence-corrected chi connectivity index (χ3v) is 3.04. The van der Waals surface area contributed by atoms with E-state index in [1.807, 2.05) is 13.0 Å². The molecular weight excluding hydrogens is 234 g/mol. The molecule has 96 valence electrons. The Morgan fingerprint density at radius 1 is 1.39 bits per heavy atom. The average molecular weight is 249 g/mol. The average Bonchev–Trinajstić information content (AvgIpc) is 2.74. The van der Waals surface area contributed by atoms with Crippen molar-refractivity contribution < 1.29 is 14.7 Å². The normalized spacial score (nSPS) is 22.7. The van der Waals surface area contributed by atoms with Crippen molar-refractivity contribution >= 4 is 17.7 Å². The van der Waals surface area contributed by atoms with Gasteiger partial charge in [0.1, 0.15) is 0 Å². The van der Waals surface area contributed by atoms with Gasteiger partial charge in [0.25, 0.3) is 0 Å². The molecule has 1 aromatic rings. The Morgan fingerprint density at radius 2 is 2.06 bits per heavy atom. The number of carboxylic acids is 1. The Hall–Kier alpha value is -2.11. The number of hydrogen-bond acceptors (Lipinski definition) is 3. The molecule has 1 amide bonds. The molecule has 0 aromatic carbocycles. The molecule has 6 heteroatoms. The molecule has 2 unspecified atom stereocenters. The Balaban J connectivity index is 2.07. The van der Waals surface area contributed by atoms with Crippen molar-refractivity contribution in [1.82, 2.24) is 10.2 Å². The fourth-order valence-corrected chi connectivity index (χ4v) is 2.08. The summed E-state index contributed by atoms with van der Waals surface area (Å²) in [6.07, 6.45) is 4.50. The van der Waals surface area contributed by atoms with Crippen molar-refractivity contribution in [3.05, 3.63) is 23.9 Å². The SMILES string of the molecule is Cc1cc(NC(=O)C2CC=CCC2C(=O)O)n[nH]1. The molecule has 0 fully saturated rings. The summed E-state index contributed by atoms with van der Waals surface area (Å²) < 4.78 is 0. The van der Waals surface area contributed by atoms with Crippen molar-refractivity contribution in [2.75, 3.05) is 5.32 Å². The van der Waals surface area contributed by atoms with Gasteiger partial charge in [0.05, 0.1) is 11.8 Å². The number of carbonyl (C=O) groups excluding carboxylic acids is 1. The van der Waals surface area contributed by atoms with E-state index in [2.05, 4.69) is 15.5 Å². The second-order valence-electron chi connectivity index (χ2n) is 4.42. The van der Waals surface area contributed by atoms with Crippen molar-refractivity contribution in [2.24, 2.45) is 11.8 Å². The smallest absolute Gasteiger partial charge is 0.307 e. The summed E-state index contributed by atoms with van der Waals surface area (Å²) in [6.45, 7) is 1.83. The van der Waals surface area contributed by atoms with E-state index in [1.165, 1.54) is 0 Å². The van der Waals surface area contributed by atoms with Gasteiger partial charge in [-0.3, -0.25) is 14.7 Å². The van der Waals surface area contributed by atoms with Gasteiger partial charge in [0.2, 0.25) is 5.91 Å². The van der Waals surface area contributed by atoms with Crippen LogP contribution >= 0.6 is 0 Å². The van der Waals surface area contributed by atoms with Gasteiger partial charge < -0.3 is 10.4 Å². The van der Waals surface area contributed by atoms with Gasteiger partial charge in [-0.05, 0) is 19.8 Å². The lowest BCUT2D eigenvalue weighted by Gasteiger charge is -2.23. The standard InChI is InChI=1S/C12H15N3O3/c1-7-6-10(15-14-7)13-11(16)8-4-2-3-5-9(8)12(17)18/h2-3,6,8-9H,4-5H2,1H3,(H,17,18)(H2,13,14,15,16). The van der Waals surface area contributed by atoms with Crippen molar-refractivity contribution in [3.63, 3.8) is 0 Å². The van der Waals surface area contributed by atoms with E-state index >= 15 is 0 Å². The Bertz CT molecular complexity index is 493. The number of nitrogens with zero attached hydrogens (tertiary/aromatic N) is 1. The molecule has 6 nitrogen and oxygen atoms in total. The third kappa shape index (κ3) is 2.58. The summed E-state index contributed by atoms with van der Waals surface area (Å²) in [5.74, 6) is -1.99. The molecule has 1 aliphatic carbocycles. The lowest BCUT2D eigenvalue weighted by molar-refractivity contribution is -0.146. The zero-order valence-corrected chi connectivity index (χ0v) is 10.0. The van der Waals surface area contributed by atoms with E-state index < -0.39 is 17.8 Å². The monoisotopic (exact) mass is 249 g/mol. The maximum absolute atomic E-state index is 12.0. The van der Waals surface area contributed by atoms with Gasteiger partial charge in [0.15, 0.2) is 5.82 Å². The van der Waals surface area contributed by atoms with Crippen LogP contribution in [0.25, 0.3) is 0 Å². The topological polar surface area (TPSA) is 95.1 Å². The van der Waals surface area contributed by atoms with Gasteiger partial charge >= 0.3 is 5.97 Å². The fraction of sp³-hybridized carbons (Fsp3) is 0.417. The molecule has 0 saturated heterocycles. The number of aliphatic carboxylic acids is 1. The highest BCUT2D eigenvalue weighted by Crippen LogP contribution is 2.27. The molecule has 2 atom stereocenters. The summed E-state index contributed by atoms with van der Waals surface area (Å²) in [7, 11) is 0. The maximum Gasteiger partial charge on any atom is 0.307 e. The van der Waals surface area contributed by atoms with Gasteiger partial charge in [-0.25, -0.2) is 0 Å². The number of aromatic nitrogens is 2. The first-order chi connectivity index (χ1) is 8.58. The minimum absolute atomic E-state index is 0.293. The zero-order valence-electron chi connectivity index (χ0n) is 10.0. The maximum atomic E-state index is 12.0. The molecule has 1 heterocycles. The quantitative estimate of drug-likeness (QED) is 0.704. The fourth-order valence-electron chi connectivity index (χ4n) is 2.08. The van der Waals surface area contributed by atoms with E-state index in [1.54, 1.807) is 12.1 Å². The zero-order chi connectivity index (χ0) is 13.1. The highest BCUT2D eigenvalue weighted by molar-refractivity contribution is 5.94. The molecule has 0 aliphatic heterocycles. The molecule has 0 saturated carbocycles. The molecule has 1 aromatic heterocycles. The first kappa shape index (κ1) is 12.3. The van der Waals surface area contributed by atoms with Crippen LogP contribution in [-0.2, 0) is 9.59 Å².